The Balaban J connectivity index is 0.00000312. The highest BCUT2D eigenvalue weighted by atomic mass is 35.5. The summed E-state index contributed by atoms with van der Waals surface area (Å²) >= 11 is 0. The Labute approximate surface area is 157 Å². The van der Waals surface area contributed by atoms with E-state index in [0.717, 1.165) is 25.3 Å². The first-order valence-corrected chi connectivity index (χ1v) is 10.6. The van der Waals surface area contributed by atoms with Crippen LogP contribution in [0, 0.1) is 5.92 Å². The Morgan fingerprint density at radius 1 is 1.20 bits per heavy atom. The zero-order chi connectivity index (χ0) is 17.6. The number of carbonyl (C=O) groups excluding carboxylic acids is 1. The third kappa shape index (κ3) is 9.19. The molecule has 0 atom stereocenters. The predicted molar refractivity (Wildman–Crippen MR) is 100 cm³/mol. The summed E-state index contributed by atoms with van der Waals surface area (Å²) in [5.74, 6) is 0.591. The molecule has 9 heteroatoms. The molecule has 2 rings (SSSR count). The molecule has 0 radical (unpaired) electrons. The fourth-order valence-corrected chi connectivity index (χ4v) is 3.54. The molecule has 1 aliphatic heterocycles. The van der Waals surface area contributed by atoms with E-state index in [4.69, 9.17) is 4.74 Å². The van der Waals surface area contributed by atoms with E-state index in [0.29, 0.717) is 19.1 Å². The predicted octanol–water partition coefficient (Wildman–Crippen LogP) is 0.743. The van der Waals surface area contributed by atoms with E-state index < -0.39 is 10.0 Å². The maximum atomic E-state index is 12.2. The van der Waals surface area contributed by atoms with Crippen LogP contribution in [0.25, 0.3) is 0 Å². The van der Waals surface area contributed by atoms with Gasteiger partial charge in [-0.2, -0.15) is 0 Å². The number of rotatable bonds is 10. The van der Waals surface area contributed by atoms with Crippen molar-refractivity contribution in [3.63, 3.8) is 0 Å². The first-order chi connectivity index (χ1) is 11.4. The number of hydrogen-bond donors (Lipinski definition) is 2. The lowest BCUT2D eigenvalue weighted by molar-refractivity contribution is -0.131. The van der Waals surface area contributed by atoms with Gasteiger partial charge in [0.1, 0.15) is 0 Å². The molecule has 0 aromatic heterocycles. The van der Waals surface area contributed by atoms with Crippen molar-refractivity contribution in [3.8, 4) is 0 Å². The molecule has 25 heavy (non-hydrogen) atoms. The summed E-state index contributed by atoms with van der Waals surface area (Å²) in [5.41, 5.74) is 0. The van der Waals surface area contributed by atoms with Gasteiger partial charge in [-0.3, -0.25) is 4.79 Å². The van der Waals surface area contributed by atoms with Crippen molar-refractivity contribution in [3.05, 3.63) is 0 Å². The number of carbonyl (C=O) groups is 1. The van der Waals surface area contributed by atoms with Crippen LogP contribution in [-0.2, 0) is 19.6 Å². The third-order valence-corrected chi connectivity index (χ3v) is 5.77. The van der Waals surface area contributed by atoms with E-state index in [1.165, 1.54) is 12.8 Å². The first kappa shape index (κ1) is 22.6. The summed E-state index contributed by atoms with van der Waals surface area (Å²) in [6.07, 6.45) is 4.55. The van der Waals surface area contributed by atoms with Gasteiger partial charge in [-0.25, -0.2) is 13.1 Å². The van der Waals surface area contributed by atoms with Crippen molar-refractivity contribution >= 4 is 28.3 Å². The number of likely N-dealkylation sites (tertiary alicyclic amines) is 1. The summed E-state index contributed by atoms with van der Waals surface area (Å²) in [7, 11) is -3.47. The number of sulfonamides is 1. The number of amides is 1. The highest BCUT2D eigenvalue weighted by molar-refractivity contribution is 7.89. The molecular weight excluding hydrogens is 366 g/mol. The first-order valence-electron chi connectivity index (χ1n) is 8.96. The molecule has 0 unspecified atom stereocenters. The second-order valence-electron chi connectivity index (χ2n) is 7.07. The van der Waals surface area contributed by atoms with Crippen LogP contribution in [0.2, 0.25) is 0 Å². The lowest BCUT2D eigenvalue weighted by Crippen LogP contribution is -2.48. The molecule has 7 nitrogen and oxygen atoms in total. The van der Waals surface area contributed by atoms with Gasteiger partial charge in [0.15, 0.2) is 0 Å². The van der Waals surface area contributed by atoms with Crippen molar-refractivity contribution in [2.75, 3.05) is 38.5 Å². The summed E-state index contributed by atoms with van der Waals surface area (Å²) in [6, 6.07) is 0.486. The van der Waals surface area contributed by atoms with E-state index in [-0.39, 0.29) is 43.3 Å². The molecule has 1 saturated heterocycles. The molecule has 0 aromatic carbocycles. The van der Waals surface area contributed by atoms with Crippen LogP contribution in [-0.4, -0.2) is 69.9 Å². The van der Waals surface area contributed by atoms with E-state index in [2.05, 4.69) is 10.0 Å². The number of nitrogens with zero attached hydrogens (tertiary/aromatic N) is 1. The Kier molecular flexibility index (Phi) is 9.66. The molecule has 1 heterocycles. The number of piperidine rings is 1. The van der Waals surface area contributed by atoms with E-state index in [9.17, 15) is 13.2 Å². The van der Waals surface area contributed by atoms with Gasteiger partial charge in [0.2, 0.25) is 15.9 Å². The minimum atomic E-state index is -3.47. The van der Waals surface area contributed by atoms with Crippen molar-refractivity contribution in [1.82, 2.24) is 14.9 Å². The van der Waals surface area contributed by atoms with Crippen LogP contribution in [0.15, 0.2) is 0 Å². The monoisotopic (exact) mass is 397 g/mol. The summed E-state index contributed by atoms with van der Waals surface area (Å²) < 4.78 is 31.3. The zero-order valence-corrected chi connectivity index (χ0v) is 16.8. The average Bonchev–Trinajstić information content (AvgIpc) is 3.35. The van der Waals surface area contributed by atoms with Crippen molar-refractivity contribution < 1.29 is 17.9 Å². The summed E-state index contributed by atoms with van der Waals surface area (Å²) in [4.78, 5) is 13.9. The SMILES string of the molecule is CC(C)OCCS(=O)(=O)NCC(=O)N1CCC(NCC2CC2)CC1.Cl. The Morgan fingerprint density at radius 2 is 1.84 bits per heavy atom. The Morgan fingerprint density at radius 3 is 2.40 bits per heavy atom. The molecule has 1 aliphatic carbocycles. The normalized spacial score (nSPS) is 19.1. The second-order valence-corrected chi connectivity index (χ2v) is 8.99. The molecule has 148 valence electrons. The number of hydrogen-bond acceptors (Lipinski definition) is 5. The lowest BCUT2D eigenvalue weighted by Gasteiger charge is -2.32. The molecule has 1 amide bonds. The van der Waals surface area contributed by atoms with E-state index in [1.807, 2.05) is 13.8 Å². The van der Waals surface area contributed by atoms with Crippen LogP contribution in [0.1, 0.15) is 39.5 Å². The smallest absolute Gasteiger partial charge is 0.237 e. The van der Waals surface area contributed by atoms with Crippen molar-refractivity contribution in [1.29, 1.82) is 0 Å². The van der Waals surface area contributed by atoms with Gasteiger partial charge in [-0.15, -0.1) is 12.4 Å². The number of halogens is 1. The van der Waals surface area contributed by atoms with Gasteiger partial charge >= 0.3 is 0 Å². The minimum Gasteiger partial charge on any atom is -0.378 e. The van der Waals surface area contributed by atoms with Crippen LogP contribution >= 0.6 is 12.4 Å². The van der Waals surface area contributed by atoms with Gasteiger partial charge in [0.05, 0.1) is 25.0 Å². The highest BCUT2D eigenvalue weighted by Gasteiger charge is 2.26. The maximum absolute atomic E-state index is 12.2. The van der Waals surface area contributed by atoms with Crippen molar-refractivity contribution in [2.24, 2.45) is 5.92 Å². The standard InChI is InChI=1S/C16H31N3O4S.ClH/c1-13(2)23-9-10-24(21,22)18-12-16(20)19-7-5-15(6-8-19)17-11-14-3-4-14;/h13-15,17-18H,3-12H2,1-2H3;1H. The van der Waals surface area contributed by atoms with Crippen molar-refractivity contribution in [2.45, 2.75) is 51.7 Å². The second kappa shape index (κ2) is 10.7. The topological polar surface area (TPSA) is 87.7 Å². The van der Waals surface area contributed by atoms with E-state index >= 15 is 0 Å². The van der Waals surface area contributed by atoms with Crippen LogP contribution in [0.5, 0.6) is 0 Å². The van der Waals surface area contributed by atoms with Crippen LogP contribution < -0.4 is 10.0 Å². The number of nitrogens with one attached hydrogen (secondary N) is 2. The fraction of sp³-hybridized carbons (Fsp3) is 0.938. The zero-order valence-electron chi connectivity index (χ0n) is 15.2. The van der Waals surface area contributed by atoms with E-state index in [1.54, 1.807) is 4.90 Å². The molecule has 0 aromatic rings. The van der Waals surface area contributed by atoms with Crippen LogP contribution in [0.4, 0.5) is 0 Å². The molecular formula is C16H32ClN3O4S. The maximum Gasteiger partial charge on any atom is 0.237 e. The van der Waals surface area contributed by atoms with Gasteiger partial charge < -0.3 is 15.0 Å². The quantitative estimate of drug-likeness (QED) is 0.567. The van der Waals surface area contributed by atoms with Gasteiger partial charge in [0.25, 0.3) is 0 Å². The Hall–Kier alpha value is -0.410. The highest BCUT2D eigenvalue weighted by Crippen LogP contribution is 2.28. The molecule has 2 aliphatic rings. The summed E-state index contributed by atoms with van der Waals surface area (Å²) in [5, 5.41) is 3.57. The Bertz CT molecular complexity index is 504. The van der Waals surface area contributed by atoms with Gasteiger partial charge in [0, 0.05) is 19.1 Å². The van der Waals surface area contributed by atoms with Crippen LogP contribution in [0.3, 0.4) is 0 Å². The third-order valence-electron chi connectivity index (χ3n) is 4.49. The largest absolute Gasteiger partial charge is 0.378 e. The summed E-state index contributed by atoms with van der Waals surface area (Å²) in [6.45, 7) is 6.17. The lowest BCUT2D eigenvalue weighted by atomic mass is 10.0. The number of ether oxygens (including phenoxy) is 1. The van der Waals surface area contributed by atoms with Gasteiger partial charge in [-0.1, -0.05) is 0 Å². The molecule has 2 N–H and O–H groups in total. The minimum absolute atomic E-state index is 0. The molecule has 1 saturated carbocycles. The average molecular weight is 398 g/mol. The molecule has 2 fully saturated rings. The van der Waals surface area contributed by atoms with Gasteiger partial charge in [-0.05, 0) is 52.0 Å². The fourth-order valence-electron chi connectivity index (χ4n) is 2.74. The molecule has 0 bridgehead atoms. The molecule has 0 spiro atoms.